The van der Waals surface area contributed by atoms with E-state index in [1.54, 1.807) is 0 Å². The van der Waals surface area contributed by atoms with Gasteiger partial charge in [-0.05, 0) is 188 Å². The molecule has 0 bridgehead atoms. The van der Waals surface area contributed by atoms with Gasteiger partial charge < -0.3 is 0 Å². The minimum atomic E-state index is 0.820. The smallest absolute Gasteiger partial charge is 0.0714 e. The third-order valence-electron chi connectivity index (χ3n) is 21.8. The van der Waals surface area contributed by atoms with Crippen molar-refractivity contribution < 1.29 is 0 Å². The molecule has 3 heteroatoms. The van der Waals surface area contributed by atoms with Crippen LogP contribution < -0.4 is 0 Å². The number of aromatic nitrogens is 3. The summed E-state index contributed by atoms with van der Waals surface area (Å²) in [6.07, 6.45) is 5.87. The molecule has 19 aromatic rings. The number of hydrogen-bond acceptors (Lipinski definition) is 3. The molecule has 0 amide bonds. The number of rotatable bonds is 18. The lowest BCUT2D eigenvalue weighted by molar-refractivity contribution is 1.32. The van der Waals surface area contributed by atoms with Crippen molar-refractivity contribution in [3.8, 4) is 201 Å². The summed E-state index contributed by atoms with van der Waals surface area (Å²) in [5.74, 6) is 0. The van der Waals surface area contributed by atoms with Crippen molar-refractivity contribution in [2.45, 2.75) is 0 Å². The highest BCUT2D eigenvalue weighted by Gasteiger charge is 2.36. The first kappa shape index (κ1) is 69.4. The van der Waals surface area contributed by atoms with Gasteiger partial charge in [0.15, 0.2) is 0 Å². The van der Waals surface area contributed by atoms with Crippen LogP contribution in [0.3, 0.4) is 0 Å². The Labute approximate surface area is 666 Å². The minimum absolute atomic E-state index is 0.820. The van der Waals surface area contributed by atoms with Gasteiger partial charge in [0.1, 0.15) is 0 Å². The normalized spacial score (nSPS) is 11.2. The molecule has 19 rings (SSSR count). The highest BCUT2D eigenvalue weighted by atomic mass is 14.7. The fraction of sp³-hybridized carbons (Fsp3) is 0. The molecule has 0 saturated carbocycles. The van der Waals surface area contributed by atoms with Gasteiger partial charge in [0, 0.05) is 68.7 Å². The molecule has 534 valence electrons. The summed E-state index contributed by atoms with van der Waals surface area (Å²) in [6.45, 7) is 0. The van der Waals surface area contributed by atoms with Crippen molar-refractivity contribution in [3.63, 3.8) is 0 Å². The van der Waals surface area contributed by atoms with Crippen LogP contribution in [0.4, 0.5) is 0 Å². The molecule has 0 atom stereocenters. The van der Waals surface area contributed by atoms with Gasteiger partial charge in [-0.3, -0.25) is 15.0 Å². The van der Waals surface area contributed by atoms with Crippen LogP contribution >= 0.6 is 0 Å². The zero-order valence-electron chi connectivity index (χ0n) is 62.6. The van der Waals surface area contributed by atoms with Crippen molar-refractivity contribution in [2.75, 3.05) is 0 Å². The monoisotopic (exact) mass is 1450 g/mol. The second-order valence-electron chi connectivity index (χ2n) is 28.6. The summed E-state index contributed by atoms with van der Waals surface area (Å²) in [5.41, 5.74) is 36.8. The molecule has 0 unspecified atom stereocenters. The molecule has 0 radical (unpaired) electrons. The second-order valence-corrected chi connectivity index (χ2v) is 28.6. The van der Waals surface area contributed by atoms with E-state index in [9.17, 15) is 0 Å². The van der Waals surface area contributed by atoms with Gasteiger partial charge in [-0.2, -0.15) is 0 Å². The average molecular weight is 1450 g/mol. The predicted octanol–water partition coefficient (Wildman–Crippen LogP) is 29.9. The first-order valence-electron chi connectivity index (χ1n) is 39.0. The lowest BCUT2D eigenvalue weighted by Crippen LogP contribution is -2.05. The lowest BCUT2D eigenvalue weighted by atomic mass is 9.72. The van der Waals surface area contributed by atoms with Crippen molar-refractivity contribution in [3.05, 3.63) is 455 Å². The highest BCUT2D eigenvalue weighted by molar-refractivity contribution is 6.20. The summed E-state index contributed by atoms with van der Waals surface area (Å²) >= 11 is 0. The molecule has 3 aromatic heterocycles. The summed E-state index contributed by atoms with van der Waals surface area (Å²) in [5, 5.41) is 0. The molecular weight excluding hydrogens is 1380 g/mol. The summed E-state index contributed by atoms with van der Waals surface area (Å²) in [4.78, 5) is 16.8. The van der Waals surface area contributed by atoms with Gasteiger partial charge in [-0.25, -0.2) is 0 Å². The topological polar surface area (TPSA) is 38.7 Å². The average Bonchev–Trinajstić information content (AvgIpc) is 0.709. The maximum atomic E-state index is 5.61. The zero-order chi connectivity index (χ0) is 75.9. The second kappa shape index (κ2) is 31.5. The van der Waals surface area contributed by atoms with Crippen molar-refractivity contribution >= 4 is 0 Å². The quantitative estimate of drug-likeness (QED) is 0.0859. The zero-order valence-corrected chi connectivity index (χ0v) is 62.6. The summed E-state index contributed by atoms with van der Waals surface area (Å²) in [7, 11) is 0. The Bertz CT molecular complexity index is 5600. The van der Waals surface area contributed by atoms with Crippen LogP contribution in [0.5, 0.6) is 0 Å². The standard InChI is InChI=1S/C111H75N3/c1-13-43-76(44-14-1)94-97(79-49-19-4-20-50-79)103(85-61-31-10-32-62-85)109(91-67-37-40-70-112-91)106(100(94)82-55-25-7-26-56-82)88-73-89(107-101(83-57-27-8-28-58-83)95(77-45-15-2-16-46-77)98(80-51-21-5-22-52-80)104(86-63-33-11-34-64-86)110(107)92-68-38-41-71-113-92)75-90(74-88)108-102(84-59-29-9-30-60-84)96(78-47-17-3-18-48-78)99(81-53-23-6-24-54-81)105(87-65-35-12-36-66-87)111(108)93-69-39-42-72-114-93/h1-75H. The maximum absolute atomic E-state index is 5.61. The minimum Gasteiger partial charge on any atom is -0.256 e. The van der Waals surface area contributed by atoms with Gasteiger partial charge in [-0.1, -0.05) is 382 Å². The number of nitrogens with zero attached hydrogens (tertiary/aromatic N) is 3. The molecule has 0 N–H and O–H groups in total. The number of pyridine rings is 3. The molecule has 0 spiro atoms. The Morgan fingerprint density at radius 2 is 0.211 bits per heavy atom. The Kier molecular flexibility index (Phi) is 19.2. The Balaban J connectivity index is 1.14. The molecule has 3 nitrogen and oxygen atoms in total. The van der Waals surface area contributed by atoms with E-state index in [-0.39, 0.29) is 0 Å². The van der Waals surface area contributed by atoms with Gasteiger partial charge in [-0.15, -0.1) is 0 Å². The van der Waals surface area contributed by atoms with E-state index in [1.807, 2.05) is 36.8 Å². The Hall–Kier alpha value is -15.0. The van der Waals surface area contributed by atoms with E-state index in [1.165, 1.54) is 0 Å². The molecular formula is C111H75N3. The number of benzene rings is 16. The van der Waals surface area contributed by atoms with Crippen LogP contribution in [0.15, 0.2) is 455 Å². The van der Waals surface area contributed by atoms with Crippen LogP contribution in [0.2, 0.25) is 0 Å². The van der Waals surface area contributed by atoms with E-state index < -0.39 is 0 Å². The van der Waals surface area contributed by atoms with Crippen LogP contribution in [0, 0.1) is 0 Å². The first-order valence-corrected chi connectivity index (χ1v) is 39.0. The fourth-order valence-corrected chi connectivity index (χ4v) is 17.2. The van der Waals surface area contributed by atoms with E-state index in [0.29, 0.717) is 0 Å². The van der Waals surface area contributed by atoms with Crippen LogP contribution in [0.1, 0.15) is 0 Å². The number of hydrogen-bond donors (Lipinski definition) is 0. The van der Waals surface area contributed by atoms with Gasteiger partial charge in [0.25, 0.3) is 0 Å². The fourth-order valence-electron chi connectivity index (χ4n) is 17.2. The molecule has 0 aliphatic heterocycles. The van der Waals surface area contributed by atoms with Crippen molar-refractivity contribution in [1.29, 1.82) is 0 Å². The summed E-state index contributed by atoms with van der Waals surface area (Å²) < 4.78 is 0. The first-order chi connectivity index (χ1) is 56.7. The SMILES string of the molecule is c1ccc(-c2c(-c3ccccc3)c(-c3ccccc3)c(-c3ccccn3)c(-c3cc(-c4c(-c5ccccc5)c(-c5ccccc5)c(-c5ccccc5)c(-c5ccccc5)c4-c4ccccn4)cc(-c4c(-c5ccccc5)c(-c5ccccc5)c(-c5ccccc5)c(-c5ccccc5)c4-c4ccccn4)c3)c2-c2ccccc2)cc1. The third kappa shape index (κ3) is 13.1. The van der Waals surface area contributed by atoms with Gasteiger partial charge in [0.05, 0.1) is 17.1 Å². The molecule has 0 aliphatic rings. The highest BCUT2D eigenvalue weighted by Crippen LogP contribution is 2.62. The van der Waals surface area contributed by atoms with E-state index in [4.69, 9.17) is 15.0 Å². The Morgan fingerprint density at radius 1 is 0.0965 bits per heavy atom. The van der Waals surface area contributed by atoms with Crippen LogP contribution in [-0.2, 0) is 0 Å². The van der Waals surface area contributed by atoms with Gasteiger partial charge >= 0.3 is 0 Å². The van der Waals surface area contributed by atoms with E-state index in [2.05, 4.69) is 419 Å². The van der Waals surface area contributed by atoms with Crippen LogP contribution in [-0.4, -0.2) is 15.0 Å². The van der Waals surface area contributed by atoms with Crippen molar-refractivity contribution in [1.82, 2.24) is 15.0 Å². The largest absolute Gasteiger partial charge is 0.256 e. The molecule has 0 fully saturated rings. The molecule has 114 heavy (non-hydrogen) atoms. The molecule has 0 aliphatic carbocycles. The predicted molar refractivity (Wildman–Crippen MR) is 478 cm³/mol. The molecule has 3 heterocycles. The molecule has 0 saturated heterocycles. The van der Waals surface area contributed by atoms with Gasteiger partial charge in [0.2, 0.25) is 0 Å². The summed E-state index contributed by atoms with van der Waals surface area (Å²) in [6, 6.07) is 160. The van der Waals surface area contributed by atoms with E-state index >= 15 is 0 Å². The molecule has 16 aromatic carbocycles. The maximum Gasteiger partial charge on any atom is 0.0714 e. The Morgan fingerprint density at radius 3 is 0.333 bits per heavy atom. The van der Waals surface area contributed by atoms with Crippen LogP contribution in [0.25, 0.3) is 201 Å². The van der Waals surface area contributed by atoms with Crippen molar-refractivity contribution in [2.24, 2.45) is 0 Å². The van der Waals surface area contributed by atoms with E-state index in [0.717, 1.165) is 201 Å². The lowest BCUT2D eigenvalue weighted by Gasteiger charge is -2.31. The third-order valence-corrected chi connectivity index (χ3v) is 21.8.